The van der Waals surface area contributed by atoms with Crippen molar-refractivity contribution in [1.82, 2.24) is 9.88 Å². The van der Waals surface area contributed by atoms with E-state index in [1.807, 2.05) is 39.0 Å². The van der Waals surface area contributed by atoms with Crippen LogP contribution in [0.4, 0.5) is 17.2 Å². The van der Waals surface area contributed by atoms with Gasteiger partial charge in [0.1, 0.15) is 11.9 Å². The predicted octanol–water partition coefficient (Wildman–Crippen LogP) is 6.06. The molecule has 2 unspecified atom stereocenters. The maximum Gasteiger partial charge on any atom is 0.311 e. The zero-order chi connectivity index (χ0) is 38.6. The molecule has 4 aromatic rings. The van der Waals surface area contributed by atoms with E-state index < -0.39 is 45.0 Å². The number of esters is 1. The van der Waals surface area contributed by atoms with E-state index >= 15 is 4.79 Å². The number of pyridine rings is 1. The topological polar surface area (TPSA) is 179 Å². The third-order valence-electron chi connectivity index (χ3n) is 9.08. The molecule has 13 nitrogen and oxygen atoms in total. The van der Waals surface area contributed by atoms with Gasteiger partial charge in [-0.15, -0.1) is 0 Å². The second kappa shape index (κ2) is 16.1. The minimum absolute atomic E-state index is 0.0424. The summed E-state index contributed by atoms with van der Waals surface area (Å²) in [6, 6.07) is 14.9. The molecule has 1 aliphatic rings. The quantitative estimate of drug-likeness (QED) is 0.136. The maximum absolute atomic E-state index is 15.2. The number of benzene rings is 3. The summed E-state index contributed by atoms with van der Waals surface area (Å²) in [4.78, 5) is 46.3. The average molecular weight is 746 g/mol. The lowest BCUT2D eigenvalue weighted by Gasteiger charge is -2.33. The molecule has 1 fully saturated rings. The fourth-order valence-electron chi connectivity index (χ4n) is 6.63. The van der Waals surface area contributed by atoms with Crippen LogP contribution in [0.15, 0.2) is 71.8 Å². The van der Waals surface area contributed by atoms with Gasteiger partial charge in [-0.3, -0.25) is 14.4 Å². The van der Waals surface area contributed by atoms with Crippen LogP contribution in [-0.2, 0) is 29.0 Å². The van der Waals surface area contributed by atoms with Gasteiger partial charge in [0.15, 0.2) is 21.3 Å². The number of hydrogen-bond acceptors (Lipinski definition) is 11. The van der Waals surface area contributed by atoms with Crippen LogP contribution in [0, 0.1) is 5.92 Å². The first kappa shape index (κ1) is 38.9. The number of aromatic nitrogens is 1. The second-order valence-electron chi connectivity index (χ2n) is 13.4. The Morgan fingerprint density at radius 3 is 2.38 bits per heavy atom. The van der Waals surface area contributed by atoms with Crippen molar-refractivity contribution in [2.45, 2.75) is 76.3 Å². The molecule has 2 amide bonds. The third-order valence-corrected chi connectivity index (χ3v) is 11.3. The number of nitrogens with two attached hydrogens (primary N) is 1. The van der Waals surface area contributed by atoms with Gasteiger partial charge in [-0.05, 0) is 112 Å². The highest BCUT2D eigenvalue weighted by molar-refractivity contribution is 7.92. The molecule has 0 aliphatic carbocycles. The van der Waals surface area contributed by atoms with E-state index in [9.17, 15) is 18.0 Å². The molecule has 14 heteroatoms. The molecule has 1 aromatic heterocycles. The Morgan fingerprint density at radius 2 is 1.72 bits per heavy atom. The van der Waals surface area contributed by atoms with E-state index in [1.165, 1.54) is 37.1 Å². The van der Waals surface area contributed by atoms with Crippen molar-refractivity contribution in [3.63, 3.8) is 0 Å². The fourth-order valence-corrected chi connectivity index (χ4v) is 7.90. The van der Waals surface area contributed by atoms with Gasteiger partial charge in [0, 0.05) is 36.4 Å². The van der Waals surface area contributed by atoms with Crippen molar-refractivity contribution in [2.75, 3.05) is 36.6 Å². The summed E-state index contributed by atoms with van der Waals surface area (Å²) in [6.07, 6.45) is 1.67. The van der Waals surface area contributed by atoms with Crippen molar-refractivity contribution in [3.8, 4) is 11.5 Å². The van der Waals surface area contributed by atoms with Gasteiger partial charge >= 0.3 is 5.97 Å². The number of nitrogen functional groups attached to an aromatic ring is 1. The Labute approximate surface area is 310 Å². The minimum Gasteiger partial charge on any atom is -0.490 e. The van der Waals surface area contributed by atoms with Crippen molar-refractivity contribution in [1.29, 1.82) is 0 Å². The summed E-state index contributed by atoms with van der Waals surface area (Å²) >= 11 is 0. The Kier molecular flexibility index (Phi) is 11.8. The molecule has 0 saturated carbocycles. The number of carbonyl (C=O) groups excluding carboxylic acids is 3. The molecule has 0 bridgehead atoms. The smallest absolute Gasteiger partial charge is 0.311 e. The number of anilines is 3. The van der Waals surface area contributed by atoms with Gasteiger partial charge in [0.25, 0.3) is 0 Å². The van der Waals surface area contributed by atoms with Crippen LogP contribution in [0.25, 0.3) is 10.8 Å². The molecule has 5 rings (SSSR count). The molecule has 3 aromatic carbocycles. The van der Waals surface area contributed by atoms with Gasteiger partial charge in [-0.25, -0.2) is 13.4 Å². The molecule has 4 N–H and O–H groups in total. The number of rotatable bonds is 13. The molecule has 53 heavy (non-hydrogen) atoms. The van der Waals surface area contributed by atoms with E-state index in [-0.39, 0.29) is 35.4 Å². The predicted molar refractivity (Wildman–Crippen MR) is 204 cm³/mol. The highest BCUT2D eigenvalue weighted by atomic mass is 32.2. The largest absolute Gasteiger partial charge is 0.490 e. The first-order valence-corrected chi connectivity index (χ1v) is 19.1. The highest BCUT2D eigenvalue weighted by Crippen LogP contribution is 2.44. The molecular weight excluding hydrogens is 699 g/mol. The number of likely N-dealkylation sites (tertiary alicyclic amines) is 1. The lowest BCUT2D eigenvalue weighted by atomic mass is 9.92. The van der Waals surface area contributed by atoms with Gasteiger partial charge in [0.05, 0.1) is 41.9 Å². The Hall–Kier alpha value is -5.37. The number of carbonyl (C=O) groups is 3. The van der Waals surface area contributed by atoms with Gasteiger partial charge in [-0.1, -0.05) is 6.07 Å². The molecule has 282 valence electrons. The standard InChI is InChI=1S/C39H47N5O8S/c1-8-51-33-20-26(9-13-32(33)52-22(2)3)35(43-27-10-12-29-25(19-27)15-17-41-37(29)40)38(46)44-18-16-30(39(47)50-7)36(44)31-21-28(42-24(6)45)11-14-34(31)53(48,49)23(4)5/h9-15,17,19-23,30,35-36,43H,8,16,18H2,1-7H3,(H2,40,41)(H,42,45)/t30-,35?,36?/m1/s1. The van der Waals surface area contributed by atoms with E-state index in [0.717, 1.165) is 10.8 Å². The van der Waals surface area contributed by atoms with Crippen LogP contribution in [0.5, 0.6) is 11.5 Å². The lowest BCUT2D eigenvalue weighted by molar-refractivity contribution is -0.147. The van der Waals surface area contributed by atoms with Crippen LogP contribution in [0.2, 0.25) is 0 Å². The lowest BCUT2D eigenvalue weighted by Crippen LogP contribution is -2.40. The summed E-state index contributed by atoms with van der Waals surface area (Å²) in [5, 5.41) is 6.84. The Bertz CT molecular complexity index is 2120. The fraction of sp³-hybridized carbons (Fsp3) is 0.385. The first-order valence-electron chi connectivity index (χ1n) is 17.5. The summed E-state index contributed by atoms with van der Waals surface area (Å²) in [7, 11) is -2.68. The molecule has 3 atom stereocenters. The summed E-state index contributed by atoms with van der Waals surface area (Å²) in [6.45, 7) is 10.6. The second-order valence-corrected chi connectivity index (χ2v) is 15.9. The monoisotopic (exact) mass is 745 g/mol. The number of amides is 2. The van der Waals surface area contributed by atoms with Gasteiger partial charge < -0.3 is 35.5 Å². The summed E-state index contributed by atoms with van der Waals surface area (Å²) in [5.41, 5.74) is 7.77. The number of hydrogen-bond donors (Lipinski definition) is 3. The highest BCUT2D eigenvalue weighted by Gasteiger charge is 2.46. The van der Waals surface area contributed by atoms with Gasteiger partial charge in [-0.2, -0.15) is 0 Å². The molecule has 1 saturated heterocycles. The zero-order valence-corrected chi connectivity index (χ0v) is 31.8. The van der Waals surface area contributed by atoms with Crippen molar-refractivity contribution in [3.05, 3.63) is 78.0 Å². The minimum atomic E-state index is -3.93. The number of fused-ring (bicyclic) bond motifs is 1. The summed E-state index contributed by atoms with van der Waals surface area (Å²) < 4.78 is 44.9. The van der Waals surface area contributed by atoms with Crippen molar-refractivity contribution >= 4 is 55.6 Å². The SMILES string of the molecule is CCOc1cc(C(Nc2ccc3c(N)nccc3c2)C(=O)N2CC[C@@H](C(=O)OC)C2c2cc(NC(C)=O)ccc2S(=O)(=O)C(C)C)ccc1OC(C)C. The Balaban J connectivity index is 1.70. The van der Waals surface area contributed by atoms with E-state index in [0.29, 0.717) is 40.9 Å². The molecule has 1 aliphatic heterocycles. The summed E-state index contributed by atoms with van der Waals surface area (Å²) in [5.74, 6) is -0.994. The number of methoxy groups -OCH3 is 1. The number of nitrogens with one attached hydrogen (secondary N) is 2. The van der Waals surface area contributed by atoms with Crippen LogP contribution < -0.4 is 25.8 Å². The van der Waals surface area contributed by atoms with Crippen LogP contribution in [-0.4, -0.2) is 67.7 Å². The zero-order valence-electron chi connectivity index (χ0n) is 31.0. The number of ether oxygens (including phenoxy) is 3. The molecular formula is C39H47N5O8S. The normalized spacial score (nSPS) is 16.4. The molecule has 0 spiro atoms. The number of sulfone groups is 1. The van der Waals surface area contributed by atoms with E-state index in [4.69, 9.17) is 19.9 Å². The van der Waals surface area contributed by atoms with Crippen LogP contribution >= 0.6 is 0 Å². The molecule has 0 radical (unpaired) electrons. The van der Waals surface area contributed by atoms with Crippen LogP contribution in [0.3, 0.4) is 0 Å². The Morgan fingerprint density at radius 1 is 0.981 bits per heavy atom. The first-order chi connectivity index (χ1) is 25.2. The maximum atomic E-state index is 15.2. The third kappa shape index (κ3) is 8.32. The molecule has 2 heterocycles. The average Bonchev–Trinajstić information content (AvgIpc) is 3.55. The van der Waals surface area contributed by atoms with Crippen LogP contribution in [0.1, 0.15) is 71.2 Å². The van der Waals surface area contributed by atoms with E-state index in [2.05, 4.69) is 15.6 Å². The van der Waals surface area contributed by atoms with Crippen molar-refractivity contribution in [2.24, 2.45) is 5.92 Å². The van der Waals surface area contributed by atoms with Crippen molar-refractivity contribution < 1.29 is 37.0 Å². The number of nitrogens with zero attached hydrogens (tertiary/aromatic N) is 2. The van der Waals surface area contributed by atoms with Gasteiger partial charge in [0.2, 0.25) is 11.8 Å². The van der Waals surface area contributed by atoms with E-state index in [1.54, 1.807) is 44.3 Å².